The first-order chi connectivity index (χ1) is 30.6. The number of rotatable bonds is 9. The zero-order chi connectivity index (χ0) is 42.2. The molecule has 13 fully saturated rings. The van der Waals surface area contributed by atoms with Crippen molar-refractivity contribution >= 4 is 93.0 Å². The van der Waals surface area contributed by atoms with Gasteiger partial charge in [0.2, 0.25) is 5.73 Å². The molecule has 8 bridgehead atoms. The standard InChI is InChI=1S/C39H66ClNO14Si8/c40-39(42)37-29-38(43-41-37)63-53-60(34-23-9-10-24-34)47-57(31-17-3-4-18-31)44-56(30-15-1-2-16-30)45-58(49-60,32-19-5-6-20-32)51-62(55-63,36-27-13-14-28-36)52-59(46-56,33-21-7-8-22-33)50-61(48-57,54-63)35-25-11-12-26-35/h30-36,38H,1-29H2. The minimum Gasteiger partial charge on any atom is -0.387 e. The molecule has 1 unspecified atom stereocenters. The van der Waals surface area contributed by atoms with Crippen molar-refractivity contribution in [3.05, 3.63) is 0 Å². The van der Waals surface area contributed by atoms with Gasteiger partial charge in [-0.1, -0.05) is 95.0 Å². The van der Waals surface area contributed by atoms with E-state index >= 15 is 0 Å². The summed E-state index contributed by atoms with van der Waals surface area (Å²) < 4.78 is 100. The summed E-state index contributed by atoms with van der Waals surface area (Å²) in [6.45, 7) is 0. The van der Waals surface area contributed by atoms with Crippen molar-refractivity contribution < 1.29 is 59.0 Å². The van der Waals surface area contributed by atoms with E-state index < -0.39 is 81.4 Å². The monoisotopic (exact) mass is 1030 g/mol. The third-order valence-corrected chi connectivity index (χ3v) is 57.4. The van der Waals surface area contributed by atoms with Gasteiger partial charge < -0.3 is 54.2 Å². The average Bonchev–Trinajstić information content (AvgIpc) is 4.09. The number of carbonyl (C=O) groups is 1. The lowest BCUT2D eigenvalue weighted by molar-refractivity contribution is -0.106. The smallest absolute Gasteiger partial charge is 0.387 e. The molecule has 7 aliphatic carbocycles. The van der Waals surface area contributed by atoms with Crippen LogP contribution in [0.4, 0.5) is 0 Å². The van der Waals surface area contributed by atoms with Gasteiger partial charge in [0.15, 0.2) is 0 Å². The molecular formula is C39H66ClNO14Si8. The first-order valence-corrected chi connectivity index (χ1v) is 40.3. The van der Waals surface area contributed by atoms with E-state index in [0.717, 1.165) is 180 Å². The van der Waals surface area contributed by atoms with E-state index in [2.05, 4.69) is 5.16 Å². The van der Waals surface area contributed by atoms with Gasteiger partial charge in [-0.05, 0) is 101 Å². The van der Waals surface area contributed by atoms with Crippen LogP contribution >= 0.6 is 11.6 Å². The van der Waals surface area contributed by atoms with E-state index in [1.165, 1.54) is 0 Å². The van der Waals surface area contributed by atoms with Crippen LogP contribution in [0.25, 0.3) is 0 Å². The first-order valence-electron chi connectivity index (χ1n) is 25.5. The Morgan fingerprint density at radius 3 is 0.714 bits per heavy atom. The van der Waals surface area contributed by atoms with Crippen molar-refractivity contribution in [3.63, 3.8) is 0 Å². The van der Waals surface area contributed by atoms with Crippen LogP contribution in [0.5, 0.6) is 0 Å². The molecule has 6 saturated heterocycles. The van der Waals surface area contributed by atoms with E-state index in [1.807, 2.05) is 0 Å². The van der Waals surface area contributed by atoms with E-state index in [0.29, 0.717) is 0 Å². The fourth-order valence-electron chi connectivity index (χ4n) is 14.5. The van der Waals surface area contributed by atoms with Crippen LogP contribution in [0.15, 0.2) is 5.16 Å². The number of halogens is 1. The molecule has 14 aliphatic rings. The highest BCUT2D eigenvalue weighted by Gasteiger charge is 2.89. The van der Waals surface area contributed by atoms with Gasteiger partial charge in [0.1, 0.15) is 5.71 Å². The molecule has 7 saturated carbocycles. The molecule has 7 aliphatic heterocycles. The molecule has 0 spiro atoms. The van der Waals surface area contributed by atoms with Crippen molar-refractivity contribution in [1.29, 1.82) is 0 Å². The van der Waals surface area contributed by atoms with Crippen LogP contribution in [0, 0.1) is 0 Å². The van der Waals surface area contributed by atoms with Gasteiger partial charge >= 0.3 is 70.4 Å². The quantitative estimate of drug-likeness (QED) is 0.159. The maximum atomic E-state index is 13.0. The van der Waals surface area contributed by atoms with Crippen LogP contribution in [0.1, 0.15) is 186 Å². The number of hydrogen-bond donors (Lipinski definition) is 0. The Balaban J connectivity index is 1.14. The van der Waals surface area contributed by atoms with Crippen LogP contribution in [0.2, 0.25) is 38.8 Å². The van der Waals surface area contributed by atoms with E-state index in [-0.39, 0.29) is 50.9 Å². The fraction of sp³-hybridized carbons (Fsp3) is 0.949. The Hall–Kier alpha value is 0.685. The lowest BCUT2D eigenvalue weighted by Gasteiger charge is -2.66. The lowest BCUT2D eigenvalue weighted by atomic mass is 10.3. The molecule has 14 rings (SSSR count). The molecule has 15 nitrogen and oxygen atoms in total. The molecule has 7 heterocycles. The van der Waals surface area contributed by atoms with E-state index in [1.54, 1.807) is 0 Å². The van der Waals surface area contributed by atoms with Crippen molar-refractivity contribution in [2.75, 3.05) is 0 Å². The number of oxime groups is 1. The molecular weight excluding hydrogens is 967 g/mol. The molecule has 350 valence electrons. The maximum absolute atomic E-state index is 13.0. The second-order valence-corrected chi connectivity index (χ2v) is 47.7. The summed E-state index contributed by atoms with van der Waals surface area (Å²) in [5, 5.41) is 3.68. The van der Waals surface area contributed by atoms with Gasteiger partial charge in [0.05, 0.1) is 0 Å². The van der Waals surface area contributed by atoms with Crippen LogP contribution in [-0.2, 0) is 59.0 Å². The van der Waals surface area contributed by atoms with Crippen molar-refractivity contribution in [2.24, 2.45) is 5.16 Å². The fourth-order valence-corrected chi connectivity index (χ4v) is 70.6. The largest absolute Gasteiger partial charge is 0.525 e. The van der Waals surface area contributed by atoms with Gasteiger partial charge in [0.25, 0.3) is 5.24 Å². The average molecular weight is 1030 g/mol. The predicted molar refractivity (Wildman–Crippen MR) is 242 cm³/mol. The highest BCUT2D eigenvalue weighted by molar-refractivity contribution is 7.05. The summed E-state index contributed by atoms with van der Waals surface area (Å²) in [4.78, 5) is 19.5. The summed E-state index contributed by atoms with van der Waals surface area (Å²) >= 11 is 6.25. The molecule has 0 N–H and O–H groups in total. The van der Waals surface area contributed by atoms with Crippen molar-refractivity contribution in [3.8, 4) is 0 Å². The third-order valence-electron chi connectivity index (χ3n) is 17.7. The molecule has 24 heteroatoms. The Morgan fingerprint density at radius 1 is 0.349 bits per heavy atom. The van der Waals surface area contributed by atoms with Crippen molar-refractivity contribution in [1.82, 2.24) is 0 Å². The van der Waals surface area contributed by atoms with Crippen LogP contribution in [-0.4, -0.2) is 87.1 Å². The molecule has 63 heavy (non-hydrogen) atoms. The normalized spacial score (nSPS) is 49.2. The zero-order valence-electron chi connectivity index (χ0n) is 36.7. The van der Waals surface area contributed by atoms with E-state index in [4.69, 9.17) is 65.8 Å². The Kier molecular flexibility index (Phi) is 11.2. The van der Waals surface area contributed by atoms with Gasteiger partial charge in [0, 0.05) is 45.2 Å². The minimum atomic E-state index is -4.49. The predicted octanol–water partition coefficient (Wildman–Crippen LogP) is 9.82. The summed E-state index contributed by atoms with van der Waals surface area (Å²) in [6.07, 6.45) is 27.2. The number of carbonyl (C=O) groups excluding carboxylic acids is 1. The summed E-state index contributed by atoms with van der Waals surface area (Å²) in [6, 6.07) is 0. The summed E-state index contributed by atoms with van der Waals surface area (Å²) in [5.41, 5.74) is -1.20. The zero-order valence-corrected chi connectivity index (χ0v) is 45.4. The molecule has 0 radical (unpaired) electrons. The first kappa shape index (κ1) is 43.7. The van der Waals surface area contributed by atoms with Crippen molar-refractivity contribution in [2.45, 2.75) is 231 Å². The Labute approximate surface area is 385 Å². The third kappa shape index (κ3) is 6.92. The van der Waals surface area contributed by atoms with Crippen LogP contribution in [0.3, 0.4) is 0 Å². The Bertz CT molecular complexity index is 1640. The Morgan fingerprint density at radius 2 is 0.540 bits per heavy atom. The number of hydrogen-bond acceptors (Lipinski definition) is 15. The van der Waals surface area contributed by atoms with Crippen LogP contribution < -0.4 is 0 Å². The molecule has 0 amide bonds. The summed E-state index contributed by atoms with van der Waals surface area (Å²) in [7, 11) is -33.0. The van der Waals surface area contributed by atoms with E-state index in [9.17, 15) is 4.79 Å². The van der Waals surface area contributed by atoms with Gasteiger partial charge in [-0.2, -0.15) is 0 Å². The minimum absolute atomic E-state index is 0.0125. The molecule has 0 aromatic heterocycles. The summed E-state index contributed by atoms with van der Waals surface area (Å²) in [5.74, 6) is 0. The molecule has 1 atom stereocenters. The van der Waals surface area contributed by atoms with Gasteiger partial charge in [-0.15, -0.1) is 0 Å². The number of nitrogens with zero attached hydrogens (tertiary/aromatic N) is 1. The molecule has 0 aromatic rings. The van der Waals surface area contributed by atoms with Gasteiger partial charge in [-0.3, -0.25) is 4.79 Å². The highest BCUT2D eigenvalue weighted by atomic mass is 35.5. The van der Waals surface area contributed by atoms with Gasteiger partial charge in [-0.25, -0.2) is 0 Å². The highest BCUT2D eigenvalue weighted by Crippen LogP contribution is 2.66. The molecule has 0 aromatic carbocycles. The second-order valence-electron chi connectivity index (χ2n) is 21.5. The topological polar surface area (TPSA) is 149 Å². The lowest BCUT2D eigenvalue weighted by Crippen LogP contribution is -2.91. The SMILES string of the molecule is O=C(Cl)C1=NOC([Si]23O[Si]4(C5CCCC5)O[Si]5(C6CCCC6)O[Si]6(C7CCCC7)O[Si](C7CCCC7)(O4)O[Si](C4CCCC4)(O[Si](C4CCCC4)(O6)O[Si](C4CCCC4)(O5)O2)O3)C1. The second kappa shape index (κ2) is 16.1. The maximum Gasteiger partial charge on any atom is 0.525 e.